The number of nitrogens with zero attached hydrogens (tertiary/aromatic N) is 2. The number of thiocarbonyl (C=S) groups is 1. The van der Waals surface area contributed by atoms with Gasteiger partial charge in [-0.3, -0.25) is 9.78 Å². The fraction of sp³-hybridized carbons (Fsp3) is 0.429. The van der Waals surface area contributed by atoms with E-state index in [-0.39, 0.29) is 23.0 Å². The zero-order valence-corrected chi connectivity index (χ0v) is 24.6. The molecule has 0 radical (unpaired) electrons. The Morgan fingerprint density at radius 3 is 2.80 bits per heavy atom. The summed E-state index contributed by atoms with van der Waals surface area (Å²) in [5.41, 5.74) is 1.92. The molecule has 0 spiro atoms. The number of rotatable bonds is 9. The molecule has 3 N–H and O–H groups in total. The molecule has 214 valence electrons. The van der Waals surface area contributed by atoms with E-state index in [2.05, 4.69) is 20.9 Å². The Kier molecular flexibility index (Phi) is 9.36. The zero-order chi connectivity index (χ0) is 28.9. The maximum Gasteiger partial charge on any atom is 0.410 e. The van der Waals surface area contributed by atoms with Crippen molar-refractivity contribution in [2.45, 2.75) is 51.8 Å². The lowest BCUT2D eigenvalue weighted by Crippen LogP contribution is -2.55. The molecule has 1 fully saturated rings. The molecule has 0 aliphatic carbocycles. The van der Waals surface area contributed by atoms with Crippen LogP contribution < -0.4 is 25.4 Å². The molecule has 1 aromatic heterocycles. The summed E-state index contributed by atoms with van der Waals surface area (Å²) in [6, 6.07) is 7.04. The van der Waals surface area contributed by atoms with Gasteiger partial charge >= 0.3 is 6.09 Å². The molecule has 4 rings (SSSR count). The third-order valence-corrected chi connectivity index (χ3v) is 7.01. The Labute approximate surface area is 244 Å². The maximum absolute atomic E-state index is 12.9. The predicted octanol–water partition coefficient (Wildman–Crippen LogP) is 4.43. The van der Waals surface area contributed by atoms with Gasteiger partial charge in [-0.2, -0.15) is 0 Å². The van der Waals surface area contributed by atoms with Crippen LogP contribution in [0.5, 0.6) is 11.5 Å². The minimum atomic E-state index is -0.554. The number of hydrogen-bond donors (Lipinski definition) is 3. The van der Waals surface area contributed by atoms with Crippen molar-refractivity contribution in [3.63, 3.8) is 0 Å². The SMILES string of the molecule is COc1c(Cl)cccc1NC(=S)C1=C(NCc2ccncc2OCC2CCN2C(=O)OC(C)(C)C)CCNC1=O. The van der Waals surface area contributed by atoms with E-state index in [1.54, 1.807) is 35.5 Å². The predicted molar refractivity (Wildman–Crippen MR) is 157 cm³/mol. The van der Waals surface area contributed by atoms with Gasteiger partial charge in [-0.05, 0) is 45.4 Å². The molecule has 1 atom stereocenters. The summed E-state index contributed by atoms with van der Waals surface area (Å²) in [7, 11) is 1.52. The summed E-state index contributed by atoms with van der Waals surface area (Å²) < 4.78 is 17.0. The van der Waals surface area contributed by atoms with Gasteiger partial charge in [-0.1, -0.05) is 29.9 Å². The molecule has 2 amide bonds. The van der Waals surface area contributed by atoms with E-state index in [1.807, 2.05) is 26.8 Å². The number of amides is 2. The first-order valence-corrected chi connectivity index (χ1v) is 13.8. The fourth-order valence-corrected chi connectivity index (χ4v) is 4.89. The zero-order valence-electron chi connectivity index (χ0n) is 23.0. The van der Waals surface area contributed by atoms with Crippen LogP contribution >= 0.6 is 23.8 Å². The monoisotopic (exact) mass is 587 g/mol. The third kappa shape index (κ3) is 7.14. The van der Waals surface area contributed by atoms with Gasteiger partial charge in [-0.15, -0.1) is 0 Å². The number of aromatic nitrogens is 1. The van der Waals surface area contributed by atoms with Crippen LogP contribution in [0.3, 0.4) is 0 Å². The Morgan fingerprint density at radius 1 is 1.30 bits per heavy atom. The molecule has 12 heteroatoms. The van der Waals surface area contributed by atoms with E-state index in [0.717, 1.165) is 12.0 Å². The minimum absolute atomic E-state index is 0.0702. The van der Waals surface area contributed by atoms with Gasteiger partial charge in [0.05, 0.1) is 35.6 Å². The second kappa shape index (κ2) is 12.7. The van der Waals surface area contributed by atoms with Crippen LogP contribution in [0.2, 0.25) is 5.02 Å². The molecule has 10 nitrogen and oxygen atoms in total. The van der Waals surface area contributed by atoms with Crippen molar-refractivity contribution in [2.24, 2.45) is 0 Å². The van der Waals surface area contributed by atoms with Crippen molar-refractivity contribution in [2.75, 3.05) is 32.1 Å². The minimum Gasteiger partial charge on any atom is -0.493 e. The lowest BCUT2D eigenvalue weighted by atomic mass is 10.1. The van der Waals surface area contributed by atoms with E-state index in [0.29, 0.717) is 66.1 Å². The molecule has 40 heavy (non-hydrogen) atoms. The van der Waals surface area contributed by atoms with E-state index < -0.39 is 5.60 Å². The molecule has 2 aliphatic rings. The smallest absolute Gasteiger partial charge is 0.410 e. The van der Waals surface area contributed by atoms with Gasteiger partial charge in [0, 0.05) is 43.5 Å². The largest absolute Gasteiger partial charge is 0.493 e. The van der Waals surface area contributed by atoms with Crippen LogP contribution in [0.4, 0.5) is 10.5 Å². The lowest BCUT2D eigenvalue weighted by molar-refractivity contribution is -0.117. The first-order valence-electron chi connectivity index (χ1n) is 13.0. The summed E-state index contributed by atoms with van der Waals surface area (Å²) in [6.45, 7) is 7.36. The van der Waals surface area contributed by atoms with Crippen LogP contribution in [-0.2, 0) is 16.1 Å². The van der Waals surface area contributed by atoms with Gasteiger partial charge in [0.2, 0.25) is 0 Å². The van der Waals surface area contributed by atoms with Crippen molar-refractivity contribution in [1.82, 2.24) is 20.5 Å². The summed E-state index contributed by atoms with van der Waals surface area (Å²) >= 11 is 11.9. The fourth-order valence-electron chi connectivity index (χ4n) is 4.32. The summed E-state index contributed by atoms with van der Waals surface area (Å²) in [5.74, 6) is 0.761. The van der Waals surface area contributed by atoms with Crippen molar-refractivity contribution >= 4 is 46.5 Å². The van der Waals surface area contributed by atoms with Crippen LogP contribution in [0.25, 0.3) is 0 Å². The number of anilines is 1. The van der Waals surface area contributed by atoms with Gasteiger partial charge in [-0.25, -0.2) is 4.79 Å². The van der Waals surface area contributed by atoms with Gasteiger partial charge in [0.15, 0.2) is 5.75 Å². The molecule has 0 saturated carbocycles. The standard InChI is InChI=1S/C28H34ClN5O5S/c1-28(2,3)39-27(36)34-13-10-18(34)16-38-22-15-30-11-8-17(22)14-32-20-9-12-31-25(35)23(20)26(40)33-21-7-5-6-19(29)24(21)37-4/h5-8,11,15,18,32H,9-10,12-14,16H2,1-4H3,(H,31,35)(H,33,40). The van der Waals surface area contributed by atoms with E-state index in [4.69, 9.17) is 38.0 Å². The quantitative estimate of drug-likeness (QED) is 0.366. The summed E-state index contributed by atoms with van der Waals surface area (Å²) in [5, 5.41) is 9.76. The Morgan fingerprint density at radius 2 is 2.10 bits per heavy atom. The molecule has 3 heterocycles. The topological polar surface area (TPSA) is 114 Å². The Hall–Kier alpha value is -3.57. The number of carbonyl (C=O) groups excluding carboxylic acids is 2. The molecule has 1 saturated heterocycles. The van der Waals surface area contributed by atoms with Crippen molar-refractivity contribution in [1.29, 1.82) is 0 Å². The highest BCUT2D eigenvalue weighted by molar-refractivity contribution is 7.81. The Bertz CT molecular complexity index is 1310. The van der Waals surface area contributed by atoms with Crippen LogP contribution in [-0.4, -0.2) is 65.3 Å². The van der Waals surface area contributed by atoms with Crippen molar-refractivity contribution in [3.8, 4) is 11.5 Å². The number of carbonyl (C=O) groups is 2. The highest BCUT2D eigenvalue weighted by Crippen LogP contribution is 2.33. The molecular weight excluding hydrogens is 554 g/mol. The molecule has 1 aromatic carbocycles. The number of pyridine rings is 1. The molecular formula is C28H34ClN5O5S. The average molecular weight is 588 g/mol. The molecule has 0 bridgehead atoms. The van der Waals surface area contributed by atoms with Crippen molar-refractivity contribution in [3.05, 3.63) is 58.5 Å². The van der Waals surface area contributed by atoms with Crippen LogP contribution in [0.1, 0.15) is 39.2 Å². The van der Waals surface area contributed by atoms with Gasteiger partial charge in [0.1, 0.15) is 22.9 Å². The molecule has 2 aromatic rings. The molecule has 2 aliphatic heterocycles. The summed E-state index contributed by atoms with van der Waals surface area (Å²) in [4.78, 5) is 31.4. The molecule has 1 unspecified atom stereocenters. The summed E-state index contributed by atoms with van der Waals surface area (Å²) in [6.07, 6.45) is 4.40. The second-order valence-electron chi connectivity index (χ2n) is 10.4. The van der Waals surface area contributed by atoms with E-state index >= 15 is 0 Å². The highest BCUT2D eigenvalue weighted by atomic mass is 35.5. The van der Waals surface area contributed by atoms with Crippen molar-refractivity contribution < 1.29 is 23.8 Å². The number of halogens is 1. The van der Waals surface area contributed by atoms with E-state index in [1.165, 1.54) is 7.11 Å². The number of likely N-dealkylation sites (tertiary alicyclic amines) is 1. The highest BCUT2D eigenvalue weighted by Gasteiger charge is 2.36. The first-order chi connectivity index (χ1) is 19.1. The van der Waals surface area contributed by atoms with Gasteiger partial charge < -0.3 is 35.1 Å². The number of hydrogen-bond acceptors (Lipinski definition) is 8. The Balaban J connectivity index is 1.43. The number of ether oxygens (including phenoxy) is 3. The van der Waals surface area contributed by atoms with Crippen LogP contribution in [0.15, 0.2) is 47.9 Å². The number of benzene rings is 1. The third-order valence-electron chi connectivity index (χ3n) is 6.40. The van der Waals surface area contributed by atoms with E-state index in [9.17, 15) is 9.59 Å². The number of methoxy groups -OCH3 is 1. The van der Waals surface area contributed by atoms with Crippen LogP contribution in [0, 0.1) is 0 Å². The number of para-hydroxylation sites is 1. The first kappa shape index (κ1) is 29.4. The maximum atomic E-state index is 12.9. The average Bonchev–Trinajstić information content (AvgIpc) is 2.86. The lowest BCUT2D eigenvalue weighted by Gasteiger charge is -2.41. The normalized spacial score (nSPS) is 17.0. The second-order valence-corrected chi connectivity index (χ2v) is 11.2. The van der Waals surface area contributed by atoms with Gasteiger partial charge in [0.25, 0.3) is 5.91 Å². The number of nitrogens with one attached hydrogen (secondary N) is 3.